The standard InChI is InChI=1S/C25H31NO6.C23H27NO6.C20H23NO5.C5H10O2.Na.H2O/c1-6-31-25(29)19-14-26-20(15(2)3)10-17-11-24(32-9-7-8-16(4)27)23(30-5)12-18(17)21(26)13-22(19)28;1-13(2)18-8-15-9-22(30-7-5-6-14(3)25)21(29-4)10-16(15)19-11-20(26)17(23(27)28)12-24(18)19;1-5-26-20(24)14-10-21-15(11(2)3)6-12-7-18(23)19(25-4)8-13(12)16(21)9-17(14)22;1-5(7)3-2-4-6;;/h11-15,20H,6-10H2,1-5H3;9-13,18H,5-8H2,1-4H3,(H,27,28);7-11,15,23H,5-6H2,1-4H3;6H,2-4H2,1H3;;1H2/q;;;;+1;/p-1. The number of rotatable bonds is 24. The Morgan fingerprint density at radius 3 is 1.10 bits per heavy atom. The molecule has 6 aromatic rings. The number of pyridine rings is 3. The molecule has 0 fully saturated rings. The van der Waals surface area contributed by atoms with E-state index in [1.165, 1.54) is 38.4 Å². The molecule has 23 nitrogen and oxygen atoms in total. The molecule has 9 rings (SSSR count). The Kier molecular flexibility index (Phi) is 31.3. The summed E-state index contributed by atoms with van der Waals surface area (Å²) in [5.41, 5.74) is 6.25. The Morgan fingerprint density at radius 2 is 0.804 bits per heavy atom. The van der Waals surface area contributed by atoms with E-state index >= 15 is 0 Å². The van der Waals surface area contributed by atoms with Crippen LogP contribution in [0.3, 0.4) is 0 Å². The van der Waals surface area contributed by atoms with Gasteiger partial charge in [-0.3, -0.25) is 14.4 Å². The van der Waals surface area contributed by atoms with Crippen molar-refractivity contribution in [3.05, 3.63) is 137 Å². The number of aliphatic hydroxyl groups is 1. The number of carbonyl (C=O) groups excluding carboxylic acids is 5. The number of methoxy groups -OCH3 is 3. The summed E-state index contributed by atoms with van der Waals surface area (Å²) in [6, 6.07) is 15.5. The fourth-order valence-corrected chi connectivity index (χ4v) is 11.7. The molecule has 0 spiro atoms. The fraction of sp³-hybridized carbons (Fsp3) is 0.466. The average Bonchev–Trinajstić information content (AvgIpc) is 0.766. The average molecular weight is 1350 g/mol. The zero-order valence-electron chi connectivity index (χ0n) is 58.5. The Hall–Kier alpha value is -8.35. The number of carbonyl (C=O) groups is 6. The van der Waals surface area contributed by atoms with Crippen molar-refractivity contribution in [2.75, 3.05) is 54.4 Å². The number of hydrogen-bond acceptors (Lipinski definition) is 19. The van der Waals surface area contributed by atoms with Crippen LogP contribution in [0.1, 0.15) is 181 Å². The molecule has 0 amide bonds. The second kappa shape index (κ2) is 37.4. The van der Waals surface area contributed by atoms with Gasteiger partial charge in [0.1, 0.15) is 34.0 Å². The third-order valence-corrected chi connectivity index (χ3v) is 16.7. The van der Waals surface area contributed by atoms with E-state index < -0.39 is 23.3 Å². The van der Waals surface area contributed by atoms with Crippen molar-refractivity contribution in [2.45, 2.75) is 152 Å². The number of aromatic nitrogens is 3. The third-order valence-electron chi connectivity index (χ3n) is 16.7. The van der Waals surface area contributed by atoms with Gasteiger partial charge in [-0.1, -0.05) is 41.5 Å². The van der Waals surface area contributed by atoms with Crippen molar-refractivity contribution >= 4 is 35.3 Å². The minimum atomic E-state index is -1.23. The van der Waals surface area contributed by atoms with Gasteiger partial charge in [-0.2, -0.15) is 0 Å². The molecule has 24 heteroatoms. The molecule has 97 heavy (non-hydrogen) atoms. The number of carboxylic acids is 1. The maximum atomic E-state index is 12.7. The molecule has 520 valence electrons. The van der Waals surface area contributed by atoms with E-state index in [1.807, 2.05) is 38.0 Å². The van der Waals surface area contributed by atoms with Gasteiger partial charge in [0.2, 0.25) is 0 Å². The summed E-state index contributed by atoms with van der Waals surface area (Å²) >= 11 is 0. The van der Waals surface area contributed by atoms with Crippen LogP contribution in [0.25, 0.3) is 33.8 Å². The van der Waals surface area contributed by atoms with Crippen LogP contribution in [0.2, 0.25) is 0 Å². The molecule has 3 aliphatic heterocycles. The van der Waals surface area contributed by atoms with Gasteiger partial charge >= 0.3 is 47.5 Å². The summed E-state index contributed by atoms with van der Waals surface area (Å²) in [5, 5.41) is 27.7. The first kappa shape index (κ1) is 81.1. The zero-order valence-corrected chi connectivity index (χ0v) is 60.5. The predicted octanol–water partition coefficient (Wildman–Crippen LogP) is 8.26. The Labute approximate surface area is 587 Å². The Morgan fingerprint density at radius 1 is 0.485 bits per heavy atom. The number of aromatic hydroxyl groups is 1. The smallest absolute Gasteiger partial charge is 0.870 e. The number of Topliss-reactive ketones (excluding diaryl/α,β-unsaturated/α-hetero) is 3. The molecule has 3 aromatic carbocycles. The molecule has 0 saturated carbocycles. The second-order valence-electron chi connectivity index (χ2n) is 24.7. The maximum absolute atomic E-state index is 12.7. The number of benzene rings is 3. The minimum Gasteiger partial charge on any atom is -0.870 e. The van der Waals surface area contributed by atoms with Crippen LogP contribution in [0, 0.1) is 17.8 Å². The number of esters is 2. The molecule has 0 aliphatic carbocycles. The van der Waals surface area contributed by atoms with Gasteiger partial charge in [0, 0.05) is 97.5 Å². The quantitative estimate of drug-likeness (QED) is 0.0291. The molecule has 3 atom stereocenters. The van der Waals surface area contributed by atoms with Gasteiger partial charge in [0.05, 0.1) is 64.8 Å². The number of carboxylic acid groups (broad SMARTS) is 1. The van der Waals surface area contributed by atoms with Crippen molar-refractivity contribution in [3.63, 3.8) is 0 Å². The topological polar surface area (TPSA) is 324 Å². The fourth-order valence-electron chi connectivity index (χ4n) is 11.7. The SMILES string of the molecule is CC(=O)CCCO.CCOC(=O)c1cn2c(cc1=O)-c1cc(OC)c(O)cc1CC2C(C)C.CCOC(=O)c1cn2c(cc1=O)-c1cc(OC)c(OCCCC(C)=O)cc1CC2C(C)C.COc1cc2c(cc1OCCCC(C)=O)CC(C(C)C)n1cc(C(=O)O)c(=O)cc1-2.[Na+].[OH-]. The Bertz CT molecular complexity index is 3970. The maximum Gasteiger partial charge on any atom is 1.00 e. The third kappa shape index (κ3) is 20.4. The van der Waals surface area contributed by atoms with E-state index in [0.29, 0.717) is 105 Å². The van der Waals surface area contributed by atoms with Gasteiger partial charge in [-0.25, -0.2) is 14.4 Å². The number of hydrogen-bond donors (Lipinski definition) is 3. The summed E-state index contributed by atoms with van der Waals surface area (Å²) in [6.07, 6.45) is 10.1. The number of ketones is 3. The van der Waals surface area contributed by atoms with Crippen LogP contribution in [0.15, 0.2) is 87.6 Å². The predicted molar refractivity (Wildman–Crippen MR) is 361 cm³/mol. The number of aromatic carboxylic acids is 1. The first-order chi connectivity index (χ1) is 45.1. The molecule has 3 unspecified atom stereocenters. The van der Waals surface area contributed by atoms with Crippen LogP contribution in [-0.2, 0) is 43.1 Å². The molecule has 4 N–H and O–H groups in total. The van der Waals surface area contributed by atoms with Crippen LogP contribution in [0.4, 0.5) is 0 Å². The van der Waals surface area contributed by atoms with Crippen molar-refractivity contribution in [1.82, 2.24) is 13.7 Å². The van der Waals surface area contributed by atoms with Crippen LogP contribution >= 0.6 is 0 Å². The van der Waals surface area contributed by atoms with E-state index in [0.717, 1.165) is 45.5 Å². The number of ether oxygens (including phenoxy) is 7. The monoisotopic (exact) mass is 1350 g/mol. The van der Waals surface area contributed by atoms with Crippen LogP contribution < -0.4 is 69.5 Å². The van der Waals surface area contributed by atoms with E-state index in [4.69, 9.17) is 38.3 Å². The Balaban J connectivity index is 0.000000292. The normalized spacial score (nSPS) is 14.1. The summed E-state index contributed by atoms with van der Waals surface area (Å²) in [6.45, 7) is 22.0. The summed E-state index contributed by atoms with van der Waals surface area (Å²) in [7, 11) is 4.60. The molecule has 0 radical (unpaired) electrons. The molecule has 0 bridgehead atoms. The number of nitrogens with zero attached hydrogens (tertiary/aromatic N) is 3. The molecular weight excluding hydrogens is 1260 g/mol. The summed E-state index contributed by atoms with van der Waals surface area (Å²) in [5.74, 6) is 1.46. The van der Waals surface area contributed by atoms with Crippen molar-refractivity contribution < 1.29 is 112 Å². The van der Waals surface area contributed by atoms with Crippen LogP contribution in [-0.4, -0.2) is 124 Å². The number of fused-ring (bicyclic) bond motifs is 9. The van der Waals surface area contributed by atoms with E-state index in [9.17, 15) is 53.4 Å². The molecule has 3 aliphatic rings. The van der Waals surface area contributed by atoms with Crippen LogP contribution in [0.5, 0.6) is 34.5 Å². The van der Waals surface area contributed by atoms with Crippen molar-refractivity contribution in [3.8, 4) is 68.3 Å². The first-order valence-corrected chi connectivity index (χ1v) is 32.2. The molecular formula is C73H92N3NaO20. The van der Waals surface area contributed by atoms with E-state index in [1.54, 1.807) is 66.4 Å². The van der Waals surface area contributed by atoms with E-state index in [-0.39, 0.29) is 141 Å². The molecule has 6 heterocycles. The molecule has 3 aromatic heterocycles. The first-order valence-electron chi connectivity index (χ1n) is 32.2. The van der Waals surface area contributed by atoms with Gasteiger partial charge in [0.25, 0.3) is 0 Å². The van der Waals surface area contributed by atoms with Gasteiger partial charge in [0.15, 0.2) is 50.8 Å². The molecule has 0 saturated heterocycles. The van der Waals surface area contributed by atoms with Crippen molar-refractivity contribution in [2.24, 2.45) is 17.8 Å². The van der Waals surface area contributed by atoms with Gasteiger partial charge in [-0.15, -0.1) is 0 Å². The van der Waals surface area contributed by atoms with Crippen molar-refractivity contribution in [1.29, 1.82) is 0 Å². The summed E-state index contributed by atoms with van der Waals surface area (Å²) < 4.78 is 44.0. The van der Waals surface area contributed by atoms with E-state index in [2.05, 4.69) is 41.5 Å². The number of phenolic OH excluding ortho intramolecular Hbond substituents is 1. The van der Waals surface area contributed by atoms with Gasteiger partial charge in [-0.05, 0) is 144 Å². The zero-order chi connectivity index (χ0) is 70.1. The number of aliphatic hydroxyl groups excluding tert-OH is 1. The van der Waals surface area contributed by atoms with Gasteiger partial charge < -0.3 is 82.0 Å². The second-order valence-corrected chi connectivity index (χ2v) is 24.7. The minimum absolute atomic E-state index is 0. The summed E-state index contributed by atoms with van der Waals surface area (Å²) in [4.78, 5) is 106. The largest absolute Gasteiger partial charge is 1.00 e. The number of phenols is 1.